The predicted molar refractivity (Wildman–Crippen MR) is 91.1 cm³/mol. The van der Waals surface area contributed by atoms with Crippen molar-refractivity contribution < 1.29 is 13.2 Å². The fraction of sp³-hybridized carbons (Fsp3) is 0.143. The maximum atomic E-state index is 13.4. The first-order chi connectivity index (χ1) is 11.6. The second-order valence-electron chi connectivity index (χ2n) is 5.82. The van der Waals surface area contributed by atoms with Crippen LogP contribution in [0.2, 0.25) is 0 Å². The van der Waals surface area contributed by atoms with Crippen LogP contribution in [0.3, 0.4) is 0 Å². The first-order valence-corrected chi connectivity index (χ1v) is 7.84. The van der Waals surface area contributed by atoms with Crippen molar-refractivity contribution in [2.75, 3.05) is 0 Å². The number of rotatable bonds is 3. The average Bonchev–Trinajstić information content (AvgIpc) is 2.88. The van der Waals surface area contributed by atoms with E-state index in [9.17, 15) is 13.2 Å². The Balaban J connectivity index is 1.87. The quantitative estimate of drug-likeness (QED) is 0.579. The summed E-state index contributed by atoms with van der Waals surface area (Å²) in [6.07, 6.45) is 11.3. The largest absolute Gasteiger partial charge is 0.204 e. The predicted octanol–water partition coefficient (Wildman–Crippen LogP) is 6.32. The van der Waals surface area contributed by atoms with E-state index >= 15 is 0 Å². The van der Waals surface area contributed by atoms with Gasteiger partial charge in [0.15, 0.2) is 17.5 Å². The van der Waals surface area contributed by atoms with Crippen molar-refractivity contribution in [1.82, 2.24) is 0 Å². The molecule has 2 aromatic carbocycles. The summed E-state index contributed by atoms with van der Waals surface area (Å²) >= 11 is 0. The molecule has 0 bridgehead atoms. The molecule has 0 radical (unpaired) electrons. The summed E-state index contributed by atoms with van der Waals surface area (Å²) in [7, 11) is 0. The second kappa shape index (κ2) is 6.91. The molecule has 0 aromatic heterocycles. The van der Waals surface area contributed by atoms with Crippen LogP contribution in [0, 0.1) is 17.5 Å². The van der Waals surface area contributed by atoms with Crippen LogP contribution in [-0.4, -0.2) is 0 Å². The molecule has 122 valence electrons. The summed E-state index contributed by atoms with van der Waals surface area (Å²) in [5.41, 5.74) is 3.31. The third-order valence-corrected chi connectivity index (χ3v) is 4.25. The van der Waals surface area contributed by atoms with Crippen LogP contribution >= 0.6 is 0 Å². The number of benzene rings is 2. The van der Waals surface area contributed by atoms with Crippen molar-refractivity contribution >= 4 is 0 Å². The monoisotopic (exact) mass is 326 g/mol. The van der Waals surface area contributed by atoms with Gasteiger partial charge >= 0.3 is 0 Å². The highest BCUT2D eigenvalue weighted by molar-refractivity contribution is 5.64. The lowest BCUT2D eigenvalue weighted by atomic mass is 9.91. The van der Waals surface area contributed by atoms with E-state index in [-0.39, 0.29) is 5.92 Å². The highest BCUT2D eigenvalue weighted by Gasteiger charge is 2.13. The third kappa shape index (κ3) is 3.35. The number of hydrogen-bond acceptors (Lipinski definition) is 0. The van der Waals surface area contributed by atoms with Crippen LogP contribution in [0.15, 0.2) is 72.4 Å². The van der Waals surface area contributed by atoms with E-state index in [1.165, 1.54) is 5.57 Å². The molecule has 0 N–H and O–H groups in total. The molecule has 0 heterocycles. The second-order valence-corrected chi connectivity index (χ2v) is 5.82. The zero-order chi connectivity index (χ0) is 17.1. The molecule has 0 saturated heterocycles. The Morgan fingerprint density at radius 1 is 0.875 bits per heavy atom. The molecule has 1 atom stereocenters. The third-order valence-electron chi connectivity index (χ3n) is 4.25. The fourth-order valence-electron chi connectivity index (χ4n) is 2.80. The van der Waals surface area contributed by atoms with Crippen LogP contribution < -0.4 is 0 Å². The van der Waals surface area contributed by atoms with Gasteiger partial charge < -0.3 is 0 Å². The molecule has 0 aliphatic heterocycles. The highest BCUT2D eigenvalue weighted by Crippen LogP contribution is 2.29. The molecule has 1 aliphatic rings. The number of allylic oxidation sites excluding steroid dienone is 6. The Bertz CT molecular complexity index is 804. The van der Waals surface area contributed by atoms with Gasteiger partial charge in [-0.1, -0.05) is 61.6 Å². The molecule has 0 fully saturated rings. The van der Waals surface area contributed by atoms with Crippen LogP contribution in [0.4, 0.5) is 13.2 Å². The zero-order valence-corrected chi connectivity index (χ0v) is 13.3. The molecule has 0 amide bonds. The Labute approximate surface area is 139 Å². The van der Waals surface area contributed by atoms with E-state index < -0.39 is 17.5 Å². The maximum Gasteiger partial charge on any atom is 0.194 e. The van der Waals surface area contributed by atoms with E-state index in [0.29, 0.717) is 11.1 Å². The van der Waals surface area contributed by atoms with E-state index in [0.717, 1.165) is 24.1 Å². The molecular formula is C21H17F3. The van der Waals surface area contributed by atoms with E-state index in [4.69, 9.17) is 0 Å². The van der Waals surface area contributed by atoms with E-state index in [2.05, 4.69) is 25.2 Å². The van der Waals surface area contributed by atoms with Crippen LogP contribution in [0.5, 0.6) is 0 Å². The van der Waals surface area contributed by atoms with Gasteiger partial charge in [-0.15, -0.1) is 0 Å². The lowest BCUT2D eigenvalue weighted by molar-refractivity contribution is 0.448. The molecule has 0 saturated carbocycles. The summed E-state index contributed by atoms with van der Waals surface area (Å²) in [6.45, 7) is 2.12. The summed E-state index contributed by atoms with van der Waals surface area (Å²) in [5.74, 6) is -3.58. The summed E-state index contributed by atoms with van der Waals surface area (Å²) < 4.78 is 39.8. The minimum Gasteiger partial charge on any atom is -0.204 e. The van der Waals surface area contributed by atoms with E-state index in [1.54, 1.807) is 12.1 Å². The van der Waals surface area contributed by atoms with Gasteiger partial charge in [0.2, 0.25) is 0 Å². The molecule has 3 rings (SSSR count). The normalized spacial score (nSPS) is 15.1. The lowest BCUT2D eigenvalue weighted by Crippen LogP contribution is -1.97. The van der Waals surface area contributed by atoms with Gasteiger partial charge in [-0.25, -0.2) is 13.2 Å². The molecule has 1 aliphatic carbocycles. The zero-order valence-electron chi connectivity index (χ0n) is 13.3. The molecule has 3 heteroatoms. The van der Waals surface area contributed by atoms with Crippen molar-refractivity contribution in [3.05, 3.63) is 95.4 Å². The Kier molecular flexibility index (Phi) is 4.70. The van der Waals surface area contributed by atoms with Crippen molar-refractivity contribution in [2.24, 2.45) is 0 Å². The maximum absolute atomic E-state index is 13.4. The Hall–Kier alpha value is -2.55. The van der Waals surface area contributed by atoms with Crippen LogP contribution in [-0.2, 0) is 0 Å². The van der Waals surface area contributed by atoms with Crippen LogP contribution in [0.1, 0.15) is 24.8 Å². The fourth-order valence-corrected chi connectivity index (χ4v) is 2.80. The van der Waals surface area contributed by atoms with Crippen LogP contribution in [0.25, 0.3) is 11.1 Å². The van der Waals surface area contributed by atoms with E-state index in [1.807, 2.05) is 24.3 Å². The van der Waals surface area contributed by atoms with Gasteiger partial charge in [0.1, 0.15) is 0 Å². The molecular weight excluding hydrogens is 309 g/mol. The van der Waals surface area contributed by atoms with Crippen molar-refractivity contribution in [3.8, 4) is 11.1 Å². The van der Waals surface area contributed by atoms with Gasteiger partial charge in [-0.3, -0.25) is 0 Å². The number of halogens is 3. The molecule has 0 nitrogen and oxygen atoms in total. The summed E-state index contributed by atoms with van der Waals surface area (Å²) in [5, 5.41) is 0. The average molecular weight is 326 g/mol. The summed E-state index contributed by atoms with van der Waals surface area (Å²) in [6, 6.07) is 9.50. The van der Waals surface area contributed by atoms with Crippen molar-refractivity contribution in [1.29, 1.82) is 0 Å². The topological polar surface area (TPSA) is 0 Å². The van der Waals surface area contributed by atoms with Gasteiger partial charge in [-0.2, -0.15) is 0 Å². The highest BCUT2D eigenvalue weighted by atomic mass is 19.2. The SMILES string of the molecule is C[C@H](C1=CCC=CC=C1)c1ccc(-c2cc(F)c(F)c(F)c2)cc1. The first-order valence-electron chi connectivity index (χ1n) is 7.84. The number of hydrogen-bond donors (Lipinski definition) is 0. The minimum atomic E-state index is -1.44. The van der Waals surface area contributed by atoms with Gasteiger partial charge in [0, 0.05) is 5.92 Å². The first kappa shape index (κ1) is 16.3. The molecule has 0 spiro atoms. The van der Waals surface area contributed by atoms with Crippen molar-refractivity contribution in [3.63, 3.8) is 0 Å². The van der Waals surface area contributed by atoms with Gasteiger partial charge in [0.25, 0.3) is 0 Å². The smallest absolute Gasteiger partial charge is 0.194 e. The molecule has 24 heavy (non-hydrogen) atoms. The minimum absolute atomic E-state index is 0.219. The van der Waals surface area contributed by atoms with Gasteiger partial charge in [-0.05, 0) is 40.8 Å². The molecule has 0 unspecified atom stereocenters. The standard InChI is InChI=1S/C21H17F3/c1-14(15-6-4-2-3-5-7-15)16-8-10-17(11-9-16)18-12-19(22)21(24)20(23)13-18/h2-4,6-14H,5H2,1H3/t14-/m1/s1. The van der Waals surface area contributed by atoms with Crippen molar-refractivity contribution in [2.45, 2.75) is 19.3 Å². The van der Waals surface area contributed by atoms with Gasteiger partial charge in [0.05, 0.1) is 0 Å². The Morgan fingerprint density at radius 2 is 1.54 bits per heavy atom. The summed E-state index contributed by atoms with van der Waals surface area (Å²) in [4.78, 5) is 0. The Morgan fingerprint density at radius 3 is 2.21 bits per heavy atom. The molecule has 2 aromatic rings. The lowest BCUT2D eigenvalue weighted by Gasteiger charge is -2.14.